The Labute approximate surface area is 220 Å². The Morgan fingerprint density at radius 1 is 1.03 bits per heavy atom. The molecule has 0 bridgehead atoms. The molecule has 0 aliphatic heterocycles. The second-order valence-corrected chi connectivity index (χ2v) is 9.53. The molecule has 1 aliphatic carbocycles. The van der Waals surface area contributed by atoms with Crippen molar-refractivity contribution in [2.45, 2.75) is 31.8 Å². The van der Waals surface area contributed by atoms with Crippen LogP contribution in [0.5, 0.6) is 0 Å². The zero-order valence-corrected chi connectivity index (χ0v) is 20.9. The molecular weight excluding hydrogens is 481 g/mol. The number of nitriles is 1. The lowest BCUT2D eigenvalue weighted by molar-refractivity contribution is -0.132. The topological polar surface area (TPSA) is 92.2 Å². The molecule has 8 heteroatoms. The van der Waals surface area contributed by atoms with E-state index in [1.807, 2.05) is 24.4 Å². The van der Waals surface area contributed by atoms with E-state index in [0.29, 0.717) is 30.8 Å². The van der Waals surface area contributed by atoms with Crippen molar-refractivity contribution in [1.82, 2.24) is 14.8 Å². The molecule has 0 unspecified atom stereocenters. The Morgan fingerprint density at radius 3 is 2.47 bits per heavy atom. The Bertz CT molecular complexity index is 1470. The van der Waals surface area contributed by atoms with Crippen molar-refractivity contribution in [3.63, 3.8) is 0 Å². The lowest BCUT2D eigenvalue weighted by Crippen LogP contribution is -2.45. The number of amides is 3. The van der Waals surface area contributed by atoms with Crippen molar-refractivity contribution in [1.29, 1.82) is 5.26 Å². The fourth-order valence-electron chi connectivity index (χ4n) is 4.52. The van der Waals surface area contributed by atoms with E-state index < -0.39 is 0 Å². The summed E-state index contributed by atoms with van der Waals surface area (Å²) in [6.07, 6.45) is 4.30. The number of urea groups is 1. The van der Waals surface area contributed by atoms with Crippen molar-refractivity contribution < 1.29 is 14.0 Å². The second kappa shape index (κ2) is 11.2. The average Bonchev–Trinajstić information content (AvgIpc) is 3.70. The van der Waals surface area contributed by atoms with Gasteiger partial charge in [0.25, 0.3) is 0 Å². The minimum Gasteiger partial charge on any atom is -0.361 e. The minimum atomic E-state index is -0.344. The second-order valence-electron chi connectivity index (χ2n) is 9.53. The zero-order valence-electron chi connectivity index (χ0n) is 20.9. The van der Waals surface area contributed by atoms with Gasteiger partial charge < -0.3 is 20.1 Å². The van der Waals surface area contributed by atoms with Gasteiger partial charge in [-0.1, -0.05) is 30.3 Å². The van der Waals surface area contributed by atoms with Gasteiger partial charge >= 0.3 is 6.03 Å². The summed E-state index contributed by atoms with van der Waals surface area (Å²) in [6.45, 7) is 0.715. The van der Waals surface area contributed by atoms with Crippen molar-refractivity contribution in [3.05, 3.63) is 102 Å². The molecule has 4 aromatic rings. The first kappa shape index (κ1) is 25.0. The van der Waals surface area contributed by atoms with E-state index in [2.05, 4.69) is 22.4 Å². The smallest absolute Gasteiger partial charge is 0.322 e. The van der Waals surface area contributed by atoms with Crippen LogP contribution in [0.25, 0.3) is 10.9 Å². The van der Waals surface area contributed by atoms with Crippen LogP contribution >= 0.6 is 0 Å². The summed E-state index contributed by atoms with van der Waals surface area (Å²) in [5.41, 5.74) is 4.03. The van der Waals surface area contributed by atoms with Gasteiger partial charge in [0.15, 0.2) is 0 Å². The Balaban J connectivity index is 1.31. The van der Waals surface area contributed by atoms with E-state index >= 15 is 0 Å². The number of nitrogens with zero attached hydrogens (tertiary/aromatic N) is 3. The normalized spacial score (nSPS) is 12.6. The molecule has 7 nitrogen and oxygen atoms in total. The number of rotatable bonds is 9. The van der Waals surface area contributed by atoms with Crippen molar-refractivity contribution in [3.8, 4) is 6.07 Å². The number of carbonyl (C=O) groups excluding carboxylic acids is 2. The number of anilines is 1. The number of hydrogen-bond donors (Lipinski definition) is 2. The van der Waals surface area contributed by atoms with Crippen molar-refractivity contribution >= 4 is 28.5 Å². The van der Waals surface area contributed by atoms with E-state index in [9.17, 15) is 14.0 Å². The average molecular weight is 510 g/mol. The summed E-state index contributed by atoms with van der Waals surface area (Å²) in [5, 5.41) is 13.0. The molecule has 3 amide bonds. The summed E-state index contributed by atoms with van der Waals surface area (Å²) in [5.74, 6) is -0.499. The molecule has 0 radical (unpaired) electrons. The number of hydrogen-bond acceptors (Lipinski definition) is 3. The molecule has 1 aliphatic rings. The van der Waals surface area contributed by atoms with Crippen molar-refractivity contribution in [2.24, 2.45) is 0 Å². The van der Waals surface area contributed by atoms with Gasteiger partial charge in [-0.05, 0) is 72.9 Å². The van der Waals surface area contributed by atoms with E-state index in [1.165, 1.54) is 12.1 Å². The molecule has 0 saturated heterocycles. The third-order valence-corrected chi connectivity index (χ3v) is 6.78. The molecule has 0 atom stereocenters. The van der Waals surface area contributed by atoms with E-state index in [1.54, 1.807) is 46.2 Å². The molecule has 2 N–H and O–H groups in total. The van der Waals surface area contributed by atoms with E-state index in [0.717, 1.165) is 34.9 Å². The standard InChI is InChI=1S/C30H28FN5O2/c31-24-9-5-22(6-10-24)19-35(16-15-23-18-33-28-4-2-1-3-27(23)28)29(37)20-36(26-13-14-26)30(38)34-25-11-7-21(17-32)8-12-25/h1-12,18,26,33H,13-16,19-20H2,(H,34,38). The highest BCUT2D eigenvalue weighted by atomic mass is 19.1. The van der Waals surface area contributed by atoms with Gasteiger partial charge in [-0.2, -0.15) is 5.26 Å². The molecule has 1 aromatic heterocycles. The number of benzene rings is 3. The van der Waals surface area contributed by atoms with Gasteiger partial charge in [0.05, 0.1) is 11.6 Å². The molecule has 3 aromatic carbocycles. The van der Waals surface area contributed by atoms with Crippen molar-refractivity contribution in [2.75, 3.05) is 18.4 Å². The third kappa shape index (κ3) is 6.01. The monoisotopic (exact) mass is 509 g/mol. The van der Waals surface area contributed by atoms with Crippen LogP contribution < -0.4 is 5.32 Å². The van der Waals surface area contributed by atoms with Gasteiger partial charge in [-0.3, -0.25) is 4.79 Å². The first-order valence-corrected chi connectivity index (χ1v) is 12.6. The predicted octanol–water partition coefficient (Wildman–Crippen LogP) is 5.45. The number of aromatic amines is 1. The van der Waals surface area contributed by atoms with Gasteiger partial charge in [-0.15, -0.1) is 0 Å². The number of fused-ring (bicyclic) bond motifs is 1. The predicted molar refractivity (Wildman–Crippen MR) is 144 cm³/mol. The van der Waals surface area contributed by atoms with E-state index in [4.69, 9.17) is 5.26 Å². The number of nitrogens with one attached hydrogen (secondary N) is 2. The molecule has 1 saturated carbocycles. The summed E-state index contributed by atoms with van der Waals surface area (Å²) < 4.78 is 13.5. The summed E-state index contributed by atoms with van der Waals surface area (Å²) in [4.78, 5) is 33.3. The Morgan fingerprint density at radius 2 is 1.76 bits per heavy atom. The molecular formula is C30H28FN5O2. The summed E-state index contributed by atoms with van der Waals surface area (Å²) in [6, 6.07) is 22.5. The molecule has 1 fully saturated rings. The van der Waals surface area contributed by atoms with Crippen LogP contribution in [0.2, 0.25) is 0 Å². The molecule has 5 rings (SSSR count). The SMILES string of the molecule is N#Cc1ccc(NC(=O)N(CC(=O)N(CCc2c[nH]c3ccccc23)Cc2ccc(F)cc2)C2CC2)cc1. The fourth-order valence-corrected chi connectivity index (χ4v) is 4.52. The van der Waals surface area contributed by atoms with Crippen LogP contribution in [-0.2, 0) is 17.8 Å². The van der Waals surface area contributed by atoms with Gasteiger partial charge in [0, 0.05) is 41.9 Å². The first-order chi connectivity index (χ1) is 18.5. The van der Waals surface area contributed by atoms with Crippen LogP contribution in [0.1, 0.15) is 29.5 Å². The number of H-pyrrole nitrogens is 1. The molecule has 1 heterocycles. The number of carbonyl (C=O) groups is 2. The van der Waals surface area contributed by atoms with Crippen LogP contribution in [0.4, 0.5) is 14.9 Å². The lowest BCUT2D eigenvalue weighted by Gasteiger charge is -2.28. The lowest BCUT2D eigenvalue weighted by atomic mass is 10.1. The first-order valence-electron chi connectivity index (χ1n) is 12.6. The summed E-state index contributed by atoms with van der Waals surface area (Å²) in [7, 11) is 0. The molecule has 192 valence electrons. The number of aromatic nitrogens is 1. The van der Waals surface area contributed by atoms with E-state index in [-0.39, 0.29) is 30.3 Å². The molecule has 0 spiro atoms. The van der Waals surface area contributed by atoms with Crippen LogP contribution in [-0.4, -0.2) is 45.9 Å². The largest absolute Gasteiger partial charge is 0.361 e. The third-order valence-electron chi connectivity index (χ3n) is 6.78. The van der Waals surface area contributed by atoms with Gasteiger partial charge in [0.1, 0.15) is 12.4 Å². The molecule has 38 heavy (non-hydrogen) atoms. The highest BCUT2D eigenvalue weighted by Crippen LogP contribution is 2.28. The van der Waals surface area contributed by atoms with Gasteiger partial charge in [-0.25, -0.2) is 9.18 Å². The maximum absolute atomic E-state index is 13.6. The number of halogens is 1. The maximum atomic E-state index is 13.6. The quantitative estimate of drug-likeness (QED) is 0.314. The zero-order chi connectivity index (χ0) is 26.5. The fraction of sp³-hybridized carbons (Fsp3) is 0.233. The maximum Gasteiger partial charge on any atom is 0.322 e. The highest BCUT2D eigenvalue weighted by Gasteiger charge is 2.35. The Kier molecular flexibility index (Phi) is 7.36. The summed E-state index contributed by atoms with van der Waals surface area (Å²) >= 11 is 0. The van der Waals surface area contributed by atoms with Crippen LogP contribution in [0.3, 0.4) is 0 Å². The Hall–Kier alpha value is -4.64. The highest BCUT2D eigenvalue weighted by molar-refractivity contribution is 5.93. The van der Waals surface area contributed by atoms with Gasteiger partial charge in [0.2, 0.25) is 5.91 Å². The van der Waals surface area contributed by atoms with Crippen LogP contribution in [0, 0.1) is 17.1 Å². The minimum absolute atomic E-state index is 0.0126. The van der Waals surface area contributed by atoms with Crippen LogP contribution in [0.15, 0.2) is 79.0 Å². The number of para-hydroxylation sites is 1.